The topological polar surface area (TPSA) is 55.4 Å². The molecule has 0 atom stereocenters. The highest BCUT2D eigenvalue weighted by Gasteiger charge is 2.37. The summed E-state index contributed by atoms with van der Waals surface area (Å²) in [6, 6.07) is 19.6. The molecule has 1 fully saturated rings. The third-order valence-corrected chi connectivity index (χ3v) is 4.99. The van der Waals surface area contributed by atoms with E-state index in [1.54, 1.807) is 0 Å². The maximum atomic E-state index is 12.0. The molecule has 0 radical (unpaired) electrons. The summed E-state index contributed by atoms with van der Waals surface area (Å²) in [5.74, 6) is 0. The fraction of sp³-hybridized carbons (Fsp3) is 0.333. The van der Waals surface area contributed by atoms with Crippen LogP contribution in [-0.4, -0.2) is 18.4 Å². The van der Waals surface area contributed by atoms with Gasteiger partial charge in [0.1, 0.15) is 12.9 Å². The zero-order valence-corrected chi connectivity index (χ0v) is 14.2. The van der Waals surface area contributed by atoms with Crippen LogP contribution in [0.1, 0.15) is 36.8 Å². The molecule has 0 spiro atoms. The maximum Gasteiger partial charge on any atom is 0.407 e. The number of rotatable bonds is 5. The van der Waals surface area contributed by atoms with Crippen molar-refractivity contribution in [2.45, 2.75) is 43.7 Å². The first-order chi connectivity index (χ1) is 12.2. The van der Waals surface area contributed by atoms with Crippen molar-refractivity contribution in [3.63, 3.8) is 0 Å². The van der Waals surface area contributed by atoms with Crippen molar-refractivity contribution in [3.05, 3.63) is 71.8 Å². The molecule has 2 aromatic rings. The number of nitrogens with one attached hydrogen (secondary N) is 1. The summed E-state index contributed by atoms with van der Waals surface area (Å²) in [6.45, 7) is 0.266. The number of amides is 1. The molecule has 4 heteroatoms. The third kappa shape index (κ3) is 4.27. The number of alkyl carbamates (subject to hydrolysis) is 1. The Bertz CT molecular complexity index is 692. The molecule has 3 rings (SSSR count). The lowest BCUT2D eigenvalue weighted by atomic mass is 9.69. The van der Waals surface area contributed by atoms with Gasteiger partial charge in [-0.25, -0.2) is 4.79 Å². The molecule has 0 bridgehead atoms. The average molecular weight is 337 g/mol. The van der Waals surface area contributed by atoms with E-state index in [1.165, 1.54) is 0 Å². The van der Waals surface area contributed by atoms with Crippen LogP contribution in [0.2, 0.25) is 0 Å². The molecule has 1 amide bonds. The van der Waals surface area contributed by atoms with Crippen LogP contribution in [0.15, 0.2) is 60.7 Å². The summed E-state index contributed by atoms with van der Waals surface area (Å²) in [6.07, 6.45) is 3.70. The molecule has 0 unspecified atom stereocenters. The Morgan fingerprint density at radius 1 is 1.04 bits per heavy atom. The number of ether oxygens (including phenoxy) is 1. The lowest BCUT2D eigenvalue weighted by Crippen LogP contribution is -2.43. The summed E-state index contributed by atoms with van der Waals surface area (Å²) >= 11 is 0. The van der Waals surface area contributed by atoms with Crippen LogP contribution in [0.5, 0.6) is 0 Å². The zero-order valence-electron chi connectivity index (χ0n) is 14.2. The van der Waals surface area contributed by atoms with Crippen molar-refractivity contribution in [2.24, 2.45) is 0 Å². The first-order valence-electron chi connectivity index (χ1n) is 8.71. The predicted molar refractivity (Wildman–Crippen MR) is 96.2 cm³/mol. The van der Waals surface area contributed by atoms with E-state index in [4.69, 9.17) is 4.74 Å². The van der Waals surface area contributed by atoms with Gasteiger partial charge in [-0.3, -0.25) is 0 Å². The molecule has 0 heterocycles. The second kappa shape index (κ2) is 7.97. The highest BCUT2D eigenvalue weighted by molar-refractivity contribution is 5.70. The van der Waals surface area contributed by atoms with Gasteiger partial charge in [0.2, 0.25) is 0 Å². The monoisotopic (exact) mass is 337 g/mol. The van der Waals surface area contributed by atoms with E-state index in [-0.39, 0.29) is 12.6 Å². The average Bonchev–Trinajstić information content (AvgIpc) is 2.69. The molecular weight excluding hydrogens is 314 g/mol. The number of hydrogen-bond acceptors (Lipinski definition) is 3. The Kier molecular flexibility index (Phi) is 5.49. The van der Waals surface area contributed by atoms with Gasteiger partial charge in [-0.05, 0) is 36.8 Å². The molecule has 2 aromatic carbocycles. The van der Waals surface area contributed by atoms with Crippen LogP contribution >= 0.6 is 0 Å². The van der Waals surface area contributed by atoms with E-state index >= 15 is 0 Å². The predicted octanol–water partition coefficient (Wildman–Crippen LogP) is 3.99. The Morgan fingerprint density at radius 2 is 1.64 bits per heavy atom. The highest BCUT2D eigenvalue weighted by Crippen LogP contribution is 2.37. The molecule has 1 aliphatic rings. The van der Waals surface area contributed by atoms with Crippen molar-refractivity contribution < 1.29 is 14.3 Å². The zero-order chi connectivity index (χ0) is 17.5. The summed E-state index contributed by atoms with van der Waals surface area (Å²) in [5.41, 5.74) is 1.60. The number of aldehydes is 1. The van der Waals surface area contributed by atoms with Gasteiger partial charge >= 0.3 is 6.09 Å². The molecule has 1 saturated carbocycles. The molecular formula is C21H23NO3. The highest BCUT2D eigenvalue weighted by atomic mass is 16.5. The van der Waals surface area contributed by atoms with E-state index in [0.29, 0.717) is 0 Å². The fourth-order valence-corrected chi connectivity index (χ4v) is 3.45. The van der Waals surface area contributed by atoms with Gasteiger partial charge in [-0.15, -0.1) is 0 Å². The Labute approximate surface area is 148 Å². The van der Waals surface area contributed by atoms with Crippen LogP contribution < -0.4 is 5.32 Å². The lowest BCUT2D eigenvalue weighted by molar-refractivity contribution is -0.113. The van der Waals surface area contributed by atoms with Crippen LogP contribution in [0, 0.1) is 0 Å². The van der Waals surface area contributed by atoms with Crippen molar-refractivity contribution in [1.82, 2.24) is 5.32 Å². The van der Waals surface area contributed by atoms with E-state index in [0.717, 1.165) is 43.1 Å². The van der Waals surface area contributed by atoms with Gasteiger partial charge in [0.05, 0.1) is 5.41 Å². The smallest absolute Gasteiger partial charge is 0.407 e. The van der Waals surface area contributed by atoms with Crippen molar-refractivity contribution >= 4 is 12.4 Å². The van der Waals surface area contributed by atoms with E-state index in [9.17, 15) is 9.59 Å². The quantitative estimate of drug-likeness (QED) is 0.839. The largest absolute Gasteiger partial charge is 0.445 e. The number of benzene rings is 2. The first-order valence-corrected chi connectivity index (χ1v) is 8.71. The molecule has 1 N–H and O–H groups in total. The standard InChI is InChI=1S/C21H23NO3/c23-16-21(18-9-5-2-6-10-18)13-11-19(12-14-21)22-20(24)25-15-17-7-3-1-4-8-17/h1-10,16,19H,11-15H2,(H,22,24). The Morgan fingerprint density at radius 3 is 2.24 bits per heavy atom. The third-order valence-electron chi connectivity index (χ3n) is 4.99. The summed E-state index contributed by atoms with van der Waals surface area (Å²) < 4.78 is 5.27. The minimum Gasteiger partial charge on any atom is -0.445 e. The summed E-state index contributed by atoms with van der Waals surface area (Å²) in [5, 5.41) is 2.93. The maximum absolute atomic E-state index is 12.0. The lowest BCUT2D eigenvalue weighted by Gasteiger charge is -2.36. The first kappa shape index (κ1) is 17.2. The van der Waals surface area contributed by atoms with Crippen LogP contribution in [0.3, 0.4) is 0 Å². The molecule has 0 saturated heterocycles. The molecule has 0 aliphatic heterocycles. The molecule has 4 nitrogen and oxygen atoms in total. The van der Waals surface area contributed by atoms with Gasteiger partial charge in [0.15, 0.2) is 0 Å². The van der Waals surface area contributed by atoms with E-state index < -0.39 is 11.5 Å². The summed E-state index contributed by atoms with van der Waals surface area (Å²) in [7, 11) is 0. The summed E-state index contributed by atoms with van der Waals surface area (Å²) in [4.78, 5) is 23.7. The SMILES string of the molecule is O=CC1(c2ccccc2)CCC(NC(=O)OCc2ccccc2)CC1. The number of hydrogen-bond donors (Lipinski definition) is 1. The minimum atomic E-state index is -0.423. The van der Waals surface area contributed by atoms with Crippen LogP contribution in [0.4, 0.5) is 4.79 Å². The number of carbonyl (C=O) groups excluding carboxylic acids is 2. The van der Waals surface area contributed by atoms with Crippen molar-refractivity contribution in [1.29, 1.82) is 0 Å². The Balaban J connectivity index is 1.50. The van der Waals surface area contributed by atoms with Gasteiger partial charge in [-0.1, -0.05) is 60.7 Å². The van der Waals surface area contributed by atoms with Gasteiger partial charge < -0.3 is 14.8 Å². The molecule has 0 aromatic heterocycles. The van der Waals surface area contributed by atoms with Crippen molar-refractivity contribution in [2.75, 3.05) is 0 Å². The minimum absolute atomic E-state index is 0.0556. The Hall–Kier alpha value is -2.62. The second-order valence-corrected chi connectivity index (χ2v) is 6.62. The van der Waals surface area contributed by atoms with E-state index in [1.807, 2.05) is 60.7 Å². The molecule has 130 valence electrons. The van der Waals surface area contributed by atoms with Gasteiger partial charge in [0.25, 0.3) is 0 Å². The van der Waals surface area contributed by atoms with Crippen LogP contribution in [-0.2, 0) is 21.6 Å². The van der Waals surface area contributed by atoms with Crippen LogP contribution in [0.25, 0.3) is 0 Å². The van der Waals surface area contributed by atoms with Crippen molar-refractivity contribution in [3.8, 4) is 0 Å². The normalized spacial score (nSPS) is 22.8. The van der Waals surface area contributed by atoms with Gasteiger partial charge in [0, 0.05) is 6.04 Å². The number of carbonyl (C=O) groups is 2. The molecule has 1 aliphatic carbocycles. The van der Waals surface area contributed by atoms with E-state index in [2.05, 4.69) is 5.32 Å². The second-order valence-electron chi connectivity index (χ2n) is 6.62. The fourth-order valence-electron chi connectivity index (χ4n) is 3.45. The van der Waals surface area contributed by atoms with Gasteiger partial charge in [-0.2, -0.15) is 0 Å². The molecule has 25 heavy (non-hydrogen) atoms.